The molecule has 1 aromatic rings. The third-order valence-corrected chi connectivity index (χ3v) is 8.81. The molecule has 1 amide bonds. The predicted molar refractivity (Wildman–Crippen MR) is 115 cm³/mol. The molecule has 7 heteroatoms. The molecule has 2 atom stereocenters. The van der Waals surface area contributed by atoms with E-state index in [0.717, 1.165) is 57.0 Å². The van der Waals surface area contributed by atoms with Crippen molar-refractivity contribution in [3.05, 3.63) is 23.8 Å². The van der Waals surface area contributed by atoms with Gasteiger partial charge in [-0.15, -0.1) is 0 Å². The first kappa shape index (κ1) is 20.7. The first-order valence-corrected chi connectivity index (χ1v) is 12.4. The number of amides is 1. The average Bonchev–Trinajstić information content (AvgIpc) is 3.27. The Balaban J connectivity index is 1.66. The van der Waals surface area contributed by atoms with E-state index in [1.54, 1.807) is 12.1 Å². The van der Waals surface area contributed by atoms with E-state index >= 15 is 0 Å². The molecule has 2 aliphatic heterocycles. The van der Waals surface area contributed by atoms with E-state index in [2.05, 4.69) is 4.90 Å². The minimum absolute atomic E-state index is 0.00766. The van der Waals surface area contributed by atoms with Gasteiger partial charge in [0.2, 0.25) is 10.0 Å². The van der Waals surface area contributed by atoms with Gasteiger partial charge in [0, 0.05) is 46.0 Å². The van der Waals surface area contributed by atoms with Crippen LogP contribution in [0.4, 0.5) is 5.69 Å². The molecule has 0 radical (unpaired) electrons. The van der Waals surface area contributed by atoms with Crippen molar-refractivity contribution in [2.75, 3.05) is 45.2 Å². The number of carbonyl (C=O) groups excluding carboxylic acids is 1. The predicted octanol–water partition coefficient (Wildman–Crippen LogP) is 3.19. The van der Waals surface area contributed by atoms with Crippen molar-refractivity contribution in [3.63, 3.8) is 0 Å². The zero-order chi connectivity index (χ0) is 20.6. The minimum Gasteiger partial charge on any atom is -0.371 e. The van der Waals surface area contributed by atoms with E-state index in [9.17, 15) is 13.2 Å². The number of hydrogen-bond donors (Lipinski definition) is 0. The van der Waals surface area contributed by atoms with Crippen LogP contribution in [0, 0.1) is 11.8 Å². The first-order chi connectivity index (χ1) is 13.9. The van der Waals surface area contributed by atoms with Crippen molar-refractivity contribution in [3.8, 4) is 0 Å². The molecule has 3 aliphatic rings. The van der Waals surface area contributed by atoms with E-state index in [4.69, 9.17) is 0 Å². The number of rotatable bonds is 4. The molecule has 160 valence electrons. The molecule has 0 aromatic heterocycles. The summed E-state index contributed by atoms with van der Waals surface area (Å²) < 4.78 is 26.6. The molecule has 0 unspecified atom stereocenters. The van der Waals surface area contributed by atoms with Crippen molar-refractivity contribution in [1.82, 2.24) is 9.21 Å². The number of hydrogen-bond acceptors (Lipinski definition) is 4. The summed E-state index contributed by atoms with van der Waals surface area (Å²) in [5, 5.41) is 0. The zero-order valence-corrected chi connectivity index (χ0v) is 18.5. The van der Waals surface area contributed by atoms with Crippen LogP contribution in [0.15, 0.2) is 23.1 Å². The van der Waals surface area contributed by atoms with Gasteiger partial charge < -0.3 is 9.80 Å². The van der Waals surface area contributed by atoms with Gasteiger partial charge in [-0.1, -0.05) is 19.3 Å². The second kappa shape index (κ2) is 8.26. The van der Waals surface area contributed by atoms with Crippen molar-refractivity contribution in [1.29, 1.82) is 0 Å². The highest BCUT2D eigenvalue weighted by molar-refractivity contribution is 7.89. The van der Waals surface area contributed by atoms with Gasteiger partial charge in [0.1, 0.15) is 0 Å². The second-order valence-electron chi connectivity index (χ2n) is 9.00. The molecule has 3 fully saturated rings. The van der Waals surface area contributed by atoms with E-state index in [1.165, 1.54) is 44.1 Å². The van der Waals surface area contributed by atoms with Crippen LogP contribution in [0.3, 0.4) is 0 Å². The number of nitrogens with zero attached hydrogens (tertiary/aromatic N) is 3. The fourth-order valence-corrected chi connectivity index (χ4v) is 6.18. The lowest BCUT2D eigenvalue weighted by atomic mass is 9.75. The van der Waals surface area contributed by atoms with E-state index in [1.807, 2.05) is 11.0 Å². The van der Waals surface area contributed by atoms with Gasteiger partial charge in [-0.3, -0.25) is 4.79 Å². The molecule has 2 heterocycles. The molecule has 1 saturated carbocycles. The highest BCUT2D eigenvalue weighted by atomic mass is 32.2. The van der Waals surface area contributed by atoms with Crippen LogP contribution >= 0.6 is 0 Å². The number of likely N-dealkylation sites (tertiary alicyclic amines) is 1. The highest BCUT2D eigenvalue weighted by Crippen LogP contribution is 2.37. The normalized spacial score (nSPS) is 25.3. The lowest BCUT2D eigenvalue weighted by Crippen LogP contribution is -2.45. The average molecular weight is 420 g/mol. The molecule has 4 rings (SSSR count). The summed E-state index contributed by atoms with van der Waals surface area (Å²) in [5.74, 6) is 1.35. The maximum absolute atomic E-state index is 13.6. The second-order valence-corrected chi connectivity index (χ2v) is 11.2. The molecule has 29 heavy (non-hydrogen) atoms. The van der Waals surface area contributed by atoms with Crippen LogP contribution in [-0.2, 0) is 10.0 Å². The van der Waals surface area contributed by atoms with Gasteiger partial charge in [0.15, 0.2) is 0 Å². The zero-order valence-electron chi connectivity index (χ0n) is 17.6. The lowest BCUT2D eigenvalue weighted by molar-refractivity contribution is 0.0521. The highest BCUT2D eigenvalue weighted by Gasteiger charge is 2.35. The molecule has 0 N–H and O–H groups in total. The van der Waals surface area contributed by atoms with E-state index in [-0.39, 0.29) is 10.8 Å². The summed E-state index contributed by atoms with van der Waals surface area (Å²) >= 11 is 0. The molecule has 6 nitrogen and oxygen atoms in total. The minimum atomic E-state index is -3.58. The van der Waals surface area contributed by atoms with Crippen LogP contribution in [-0.4, -0.2) is 63.8 Å². The summed E-state index contributed by atoms with van der Waals surface area (Å²) in [6, 6.07) is 5.09. The van der Waals surface area contributed by atoms with E-state index in [0.29, 0.717) is 11.5 Å². The van der Waals surface area contributed by atoms with Gasteiger partial charge in [0.05, 0.1) is 10.5 Å². The Morgan fingerprint density at radius 1 is 0.966 bits per heavy atom. The number of piperidine rings is 1. The molecular weight excluding hydrogens is 386 g/mol. The smallest absolute Gasteiger partial charge is 0.256 e. The summed E-state index contributed by atoms with van der Waals surface area (Å²) in [6.07, 6.45) is 8.38. The Labute approximate surface area is 174 Å². The van der Waals surface area contributed by atoms with E-state index < -0.39 is 10.0 Å². The van der Waals surface area contributed by atoms with Gasteiger partial charge in [-0.05, 0) is 55.7 Å². The summed E-state index contributed by atoms with van der Waals surface area (Å²) in [6.45, 7) is 3.44. The Bertz CT molecular complexity index is 862. The Morgan fingerprint density at radius 2 is 1.66 bits per heavy atom. The fourth-order valence-electron chi connectivity index (χ4n) is 5.25. The molecule has 1 aliphatic carbocycles. The quantitative estimate of drug-likeness (QED) is 0.752. The SMILES string of the molecule is CN(C)S(=O)(=O)c1ccc(N2CCCC2)c(C(=O)N2CC[C@H]3CCCC[C@@H]3C2)c1. The van der Waals surface area contributed by atoms with Crippen LogP contribution in [0.5, 0.6) is 0 Å². The number of fused-ring (bicyclic) bond motifs is 1. The number of anilines is 1. The van der Waals surface area contributed by atoms with Crippen molar-refractivity contribution in [2.45, 2.75) is 49.8 Å². The molecule has 2 saturated heterocycles. The Kier molecular flexibility index (Phi) is 5.89. The van der Waals surface area contributed by atoms with Crippen molar-refractivity contribution in [2.24, 2.45) is 11.8 Å². The monoisotopic (exact) mass is 419 g/mol. The molecule has 1 aromatic carbocycles. The van der Waals surface area contributed by atoms with Crippen LogP contribution in [0.2, 0.25) is 0 Å². The van der Waals surface area contributed by atoms with Crippen LogP contribution < -0.4 is 4.90 Å². The van der Waals surface area contributed by atoms with Crippen LogP contribution in [0.1, 0.15) is 55.3 Å². The summed E-state index contributed by atoms with van der Waals surface area (Å²) in [7, 11) is -0.525. The van der Waals surface area contributed by atoms with Gasteiger partial charge in [-0.2, -0.15) is 0 Å². The summed E-state index contributed by atoms with van der Waals surface area (Å²) in [4.78, 5) is 18.0. The standard InChI is InChI=1S/C22H33N3O3S/c1-23(2)29(27,28)19-9-10-21(24-12-5-6-13-24)20(15-19)22(26)25-14-11-17-7-3-4-8-18(17)16-25/h9-10,15,17-18H,3-8,11-14,16H2,1-2H3/t17-,18-/m1/s1. The van der Waals surface area contributed by atoms with Crippen molar-refractivity contribution >= 4 is 21.6 Å². The number of carbonyl (C=O) groups is 1. The molecule has 0 bridgehead atoms. The van der Waals surface area contributed by atoms with Gasteiger partial charge in [0.25, 0.3) is 5.91 Å². The molecule has 0 spiro atoms. The fraction of sp³-hybridized carbons (Fsp3) is 0.682. The Morgan fingerprint density at radius 3 is 2.34 bits per heavy atom. The third-order valence-electron chi connectivity index (χ3n) is 7.00. The maximum atomic E-state index is 13.6. The third kappa shape index (κ3) is 4.04. The summed E-state index contributed by atoms with van der Waals surface area (Å²) in [5.41, 5.74) is 1.43. The largest absolute Gasteiger partial charge is 0.371 e. The first-order valence-electron chi connectivity index (χ1n) is 11.0. The maximum Gasteiger partial charge on any atom is 0.256 e. The molecular formula is C22H33N3O3S. The lowest BCUT2D eigenvalue weighted by Gasteiger charge is -2.41. The van der Waals surface area contributed by atoms with Gasteiger partial charge in [-0.25, -0.2) is 12.7 Å². The van der Waals surface area contributed by atoms with Crippen molar-refractivity contribution < 1.29 is 13.2 Å². The van der Waals surface area contributed by atoms with Crippen LogP contribution in [0.25, 0.3) is 0 Å². The number of benzene rings is 1. The van der Waals surface area contributed by atoms with Gasteiger partial charge >= 0.3 is 0 Å². The Hall–Kier alpha value is -1.60. The number of sulfonamides is 1. The topological polar surface area (TPSA) is 60.9 Å².